The van der Waals surface area contributed by atoms with Crippen LogP contribution in [0.1, 0.15) is 15.9 Å². The topological polar surface area (TPSA) is 115 Å². The number of anilines is 1. The monoisotopic (exact) mass is 374 g/mol. The second kappa shape index (κ2) is 6.88. The number of carbonyl (C=O) groups excluding carboxylic acids is 1. The van der Waals surface area contributed by atoms with Crippen molar-refractivity contribution in [3.8, 4) is 11.3 Å². The first-order chi connectivity index (χ1) is 13.5. The van der Waals surface area contributed by atoms with Gasteiger partial charge in [-0.3, -0.25) is 14.9 Å². The number of fused-ring (bicyclic) bond motifs is 1. The fourth-order valence-corrected chi connectivity index (χ4v) is 2.84. The van der Waals surface area contributed by atoms with Crippen molar-refractivity contribution in [2.75, 3.05) is 5.32 Å². The van der Waals surface area contributed by atoms with E-state index < -0.39 is 4.92 Å². The van der Waals surface area contributed by atoms with Crippen LogP contribution in [0.25, 0.3) is 16.9 Å². The van der Waals surface area contributed by atoms with Crippen molar-refractivity contribution in [3.63, 3.8) is 0 Å². The summed E-state index contributed by atoms with van der Waals surface area (Å²) in [5, 5.41) is 25.9. The van der Waals surface area contributed by atoms with Crippen molar-refractivity contribution < 1.29 is 9.72 Å². The van der Waals surface area contributed by atoms with Crippen molar-refractivity contribution in [2.45, 2.75) is 6.92 Å². The minimum absolute atomic E-state index is 0.0194. The van der Waals surface area contributed by atoms with Gasteiger partial charge in [0.05, 0.1) is 10.6 Å². The number of hydrogen-bond acceptors (Lipinski definition) is 6. The molecule has 1 N–H and O–H groups in total. The summed E-state index contributed by atoms with van der Waals surface area (Å²) in [5.74, 6) is -0.350. The van der Waals surface area contributed by atoms with Crippen LogP contribution >= 0.6 is 0 Å². The van der Waals surface area contributed by atoms with E-state index in [0.717, 1.165) is 5.56 Å². The second-order valence-corrected chi connectivity index (χ2v) is 6.15. The summed E-state index contributed by atoms with van der Waals surface area (Å²) in [6, 6.07) is 15.1. The molecule has 0 aliphatic rings. The summed E-state index contributed by atoms with van der Waals surface area (Å²) in [4.78, 5) is 23.0. The Morgan fingerprint density at radius 3 is 2.79 bits per heavy atom. The highest BCUT2D eigenvalue weighted by Crippen LogP contribution is 2.23. The van der Waals surface area contributed by atoms with E-state index in [1.54, 1.807) is 29.6 Å². The molecule has 1 amide bonds. The zero-order chi connectivity index (χ0) is 19.7. The molecule has 0 bridgehead atoms. The lowest BCUT2D eigenvalue weighted by Gasteiger charge is -2.08. The Morgan fingerprint density at radius 2 is 2.00 bits per heavy atom. The van der Waals surface area contributed by atoms with Gasteiger partial charge in [0.25, 0.3) is 11.6 Å². The Bertz CT molecular complexity index is 1220. The SMILES string of the molecule is Cc1cc(C(=O)Nc2cccc(-c3ccc4nncn4n3)c2)ccc1[N+](=O)[O-]. The normalized spacial score (nSPS) is 10.8. The van der Waals surface area contributed by atoms with Crippen LogP contribution in [0.3, 0.4) is 0 Å². The Labute approximate surface area is 158 Å². The molecule has 2 aromatic heterocycles. The number of amides is 1. The molecule has 0 spiro atoms. The third kappa shape index (κ3) is 3.28. The van der Waals surface area contributed by atoms with Crippen LogP contribution in [-0.2, 0) is 0 Å². The van der Waals surface area contributed by atoms with Gasteiger partial charge >= 0.3 is 0 Å². The zero-order valence-corrected chi connectivity index (χ0v) is 14.7. The van der Waals surface area contributed by atoms with Gasteiger partial charge in [-0.25, -0.2) is 0 Å². The van der Waals surface area contributed by atoms with E-state index in [4.69, 9.17) is 0 Å². The summed E-state index contributed by atoms with van der Waals surface area (Å²) in [6.07, 6.45) is 1.52. The Balaban J connectivity index is 1.58. The summed E-state index contributed by atoms with van der Waals surface area (Å²) >= 11 is 0. The van der Waals surface area contributed by atoms with Crippen LogP contribution in [0.5, 0.6) is 0 Å². The molecule has 28 heavy (non-hydrogen) atoms. The number of rotatable bonds is 4. The first kappa shape index (κ1) is 17.3. The molecule has 0 unspecified atom stereocenters. The lowest BCUT2D eigenvalue weighted by molar-refractivity contribution is -0.385. The number of nitro groups is 1. The molecule has 2 aromatic carbocycles. The van der Waals surface area contributed by atoms with Crippen molar-refractivity contribution >= 4 is 22.9 Å². The third-order valence-electron chi connectivity index (χ3n) is 4.23. The average Bonchev–Trinajstić information content (AvgIpc) is 3.15. The Kier molecular flexibility index (Phi) is 4.24. The molecule has 0 saturated heterocycles. The quantitative estimate of drug-likeness (QED) is 0.433. The molecular formula is C19H14N6O3. The smallest absolute Gasteiger partial charge is 0.272 e. The molecule has 0 atom stereocenters. The van der Waals surface area contributed by atoms with E-state index in [1.807, 2.05) is 18.2 Å². The van der Waals surface area contributed by atoms with E-state index in [0.29, 0.717) is 28.2 Å². The van der Waals surface area contributed by atoms with Crippen LogP contribution < -0.4 is 5.32 Å². The van der Waals surface area contributed by atoms with Crippen LogP contribution in [0.4, 0.5) is 11.4 Å². The number of nitrogens with one attached hydrogen (secondary N) is 1. The van der Waals surface area contributed by atoms with E-state index in [1.165, 1.54) is 24.5 Å². The fourth-order valence-electron chi connectivity index (χ4n) is 2.84. The number of nitrogens with zero attached hydrogens (tertiary/aromatic N) is 5. The lowest BCUT2D eigenvalue weighted by atomic mass is 10.1. The van der Waals surface area contributed by atoms with Gasteiger partial charge in [0, 0.05) is 28.4 Å². The van der Waals surface area contributed by atoms with Crippen molar-refractivity contribution in [3.05, 3.63) is 82.2 Å². The van der Waals surface area contributed by atoms with E-state index in [-0.39, 0.29) is 11.6 Å². The molecule has 0 aliphatic carbocycles. The maximum atomic E-state index is 12.5. The molecule has 0 radical (unpaired) electrons. The molecule has 0 fully saturated rings. The largest absolute Gasteiger partial charge is 0.322 e. The molecular weight excluding hydrogens is 360 g/mol. The highest BCUT2D eigenvalue weighted by molar-refractivity contribution is 6.04. The van der Waals surface area contributed by atoms with E-state index >= 15 is 0 Å². The summed E-state index contributed by atoms with van der Waals surface area (Å²) in [5.41, 5.74) is 3.50. The lowest BCUT2D eigenvalue weighted by Crippen LogP contribution is -2.12. The van der Waals surface area contributed by atoms with Gasteiger partial charge in [-0.2, -0.15) is 9.61 Å². The number of hydrogen-bond donors (Lipinski definition) is 1. The molecule has 0 aliphatic heterocycles. The zero-order valence-electron chi connectivity index (χ0n) is 14.7. The Morgan fingerprint density at radius 1 is 1.14 bits per heavy atom. The minimum atomic E-state index is -0.472. The number of aromatic nitrogens is 4. The average molecular weight is 374 g/mol. The first-order valence-electron chi connectivity index (χ1n) is 8.35. The van der Waals surface area contributed by atoms with Crippen LogP contribution in [0, 0.1) is 17.0 Å². The van der Waals surface area contributed by atoms with Crippen LogP contribution in [0.2, 0.25) is 0 Å². The van der Waals surface area contributed by atoms with E-state index in [2.05, 4.69) is 20.6 Å². The summed E-state index contributed by atoms with van der Waals surface area (Å²) in [6.45, 7) is 1.60. The summed E-state index contributed by atoms with van der Waals surface area (Å²) in [7, 11) is 0. The second-order valence-electron chi connectivity index (χ2n) is 6.15. The maximum absolute atomic E-state index is 12.5. The van der Waals surface area contributed by atoms with Gasteiger partial charge in [0.1, 0.15) is 6.33 Å². The standard InChI is InChI=1S/C19H14N6O3/c1-12-9-14(5-7-17(12)25(27)28)19(26)21-15-4-2-3-13(10-15)16-6-8-18-22-20-11-24(18)23-16/h2-11H,1H3,(H,21,26). The van der Waals surface area contributed by atoms with Gasteiger partial charge in [0.15, 0.2) is 5.65 Å². The van der Waals surface area contributed by atoms with Crippen LogP contribution in [-0.4, -0.2) is 30.6 Å². The maximum Gasteiger partial charge on any atom is 0.272 e. The molecule has 2 heterocycles. The number of nitro benzene ring substituents is 1. The fraction of sp³-hybridized carbons (Fsp3) is 0.0526. The third-order valence-corrected chi connectivity index (χ3v) is 4.23. The van der Waals surface area contributed by atoms with Crippen LogP contribution in [0.15, 0.2) is 60.9 Å². The predicted octanol–water partition coefficient (Wildman–Crippen LogP) is 3.26. The van der Waals surface area contributed by atoms with Crippen molar-refractivity contribution in [1.29, 1.82) is 0 Å². The molecule has 0 saturated carbocycles. The predicted molar refractivity (Wildman–Crippen MR) is 102 cm³/mol. The molecule has 4 aromatic rings. The molecule has 138 valence electrons. The first-order valence-corrected chi connectivity index (χ1v) is 8.35. The van der Waals surface area contributed by atoms with Crippen molar-refractivity contribution in [2.24, 2.45) is 0 Å². The van der Waals surface area contributed by atoms with Gasteiger partial charge in [-0.1, -0.05) is 12.1 Å². The number of carbonyl (C=O) groups is 1. The number of aryl methyl sites for hydroxylation is 1. The highest BCUT2D eigenvalue weighted by Gasteiger charge is 2.14. The molecule has 9 heteroatoms. The molecule has 4 rings (SSSR count). The minimum Gasteiger partial charge on any atom is -0.322 e. The van der Waals surface area contributed by atoms with Crippen molar-refractivity contribution in [1.82, 2.24) is 19.8 Å². The van der Waals surface area contributed by atoms with E-state index in [9.17, 15) is 14.9 Å². The Hall–Kier alpha value is -4.14. The van der Waals surface area contributed by atoms with Gasteiger partial charge in [0.2, 0.25) is 0 Å². The van der Waals surface area contributed by atoms with Gasteiger partial charge < -0.3 is 5.32 Å². The summed E-state index contributed by atoms with van der Waals surface area (Å²) < 4.78 is 1.57. The molecule has 9 nitrogen and oxygen atoms in total. The number of benzene rings is 2. The van der Waals surface area contributed by atoms with Gasteiger partial charge in [-0.15, -0.1) is 10.2 Å². The van der Waals surface area contributed by atoms with Gasteiger partial charge in [-0.05, 0) is 43.3 Å². The highest BCUT2D eigenvalue weighted by atomic mass is 16.6.